The maximum Gasteiger partial charge on any atom is 0.226 e. The normalized spacial score (nSPS) is 20.7. The lowest BCUT2D eigenvalue weighted by atomic mass is 9.94. The molecule has 0 saturated carbocycles. The van der Waals surface area contributed by atoms with Crippen molar-refractivity contribution in [2.45, 2.75) is 31.7 Å². The van der Waals surface area contributed by atoms with Crippen LogP contribution in [0.2, 0.25) is 5.02 Å². The lowest BCUT2D eigenvalue weighted by Crippen LogP contribution is -2.45. The first kappa shape index (κ1) is 19.2. The number of carbonyl (C=O) groups is 1. The van der Waals surface area contributed by atoms with E-state index >= 15 is 0 Å². The third kappa shape index (κ3) is 3.86. The summed E-state index contributed by atoms with van der Waals surface area (Å²) in [5, 5.41) is 4.92. The Kier molecular flexibility index (Phi) is 5.82. The van der Waals surface area contributed by atoms with Gasteiger partial charge in [0, 0.05) is 45.1 Å². The molecule has 0 radical (unpaired) electrons. The van der Waals surface area contributed by atoms with Gasteiger partial charge in [-0.3, -0.25) is 9.78 Å². The number of amides is 1. The number of hydrogen-bond donors (Lipinski definition) is 0. The average molecular weight is 404 g/mol. The second-order valence-corrected chi connectivity index (χ2v) is 7.95. The zero-order valence-corrected chi connectivity index (χ0v) is 16.9. The van der Waals surface area contributed by atoms with Gasteiger partial charge in [-0.05, 0) is 31.7 Å². The molecule has 0 spiro atoms. The first-order valence-corrected chi connectivity index (χ1v) is 10.2. The quantitative estimate of drug-likeness (QED) is 0.768. The van der Waals surface area contributed by atoms with E-state index in [1.807, 2.05) is 17.2 Å². The van der Waals surface area contributed by atoms with E-state index in [-0.39, 0.29) is 12.0 Å². The van der Waals surface area contributed by atoms with Crippen molar-refractivity contribution < 1.29 is 9.53 Å². The van der Waals surface area contributed by atoms with Crippen molar-refractivity contribution >= 4 is 23.2 Å². The summed E-state index contributed by atoms with van der Waals surface area (Å²) in [6.07, 6.45) is 10.9. The lowest BCUT2D eigenvalue weighted by molar-refractivity contribution is -0.137. The Balaban J connectivity index is 1.43. The fraction of sp³-hybridized carbons (Fsp3) is 0.550. The van der Waals surface area contributed by atoms with Crippen molar-refractivity contribution in [3.63, 3.8) is 0 Å². The molecule has 1 unspecified atom stereocenters. The van der Waals surface area contributed by atoms with E-state index < -0.39 is 0 Å². The number of methoxy groups -OCH3 is 1. The number of pyridine rings is 1. The zero-order chi connectivity index (χ0) is 19.5. The molecular weight excluding hydrogens is 378 g/mol. The number of hydrogen-bond acceptors (Lipinski definition) is 5. The van der Waals surface area contributed by atoms with Gasteiger partial charge in [0.2, 0.25) is 5.91 Å². The van der Waals surface area contributed by atoms with Crippen LogP contribution in [0.5, 0.6) is 0 Å². The fourth-order valence-electron chi connectivity index (χ4n) is 4.34. The third-order valence-electron chi connectivity index (χ3n) is 5.78. The number of ether oxygens (including phenoxy) is 1. The number of rotatable bonds is 5. The van der Waals surface area contributed by atoms with Gasteiger partial charge in [-0.25, -0.2) is 4.68 Å². The SMILES string of the molecule is COCC1CCCN1C(=O)C1CCN(c2cnccc2-n2cc(Cl)cn2)CC1. The van der Waals surface area contributed by atoms with Crippen LogP contribution in [0.25, 0.3) is 5.69 Å². The molecule has 1 atom stereocenters. The maximum atomic E-state index is 13.0. The van der Waals surface area contributed by atoms with Crippen molar-refractivity contribution in [1.82, 2.24) is 19.7 Å². The molecular formula is C20H26ClN5O2. The van der Waals surface area contributed by atoms with Crippen molar-refractivity contribution in [3.05, 3.63) is 35.9 Å². The van der Waals surface area contributed by atoms with Crippen LogP contribution >= 0.6 is 11.6 Å². The average Bonchev–Trinajstić information content (AvgIpc) is 3.37. The van der Waals surface area contributed by atoms with E-state index in [2.05, 4.69) is 15.0 Å². The molecule has 4 heterocycles. The van der Waals surface area contributed by atoms with Gasteiger partial charge in [-0.1, -0.05) is 11.6 Å². The van der Waals surface area contributed by atoms with E-state index in [1.165, 1.54) is 0 Å². The summed E-state index contributed by atoms with van der Waals surface area (Å²) in [4.78, 5) is 21.7. The lowest BCUT2D eigenvalue weighted by Gasteiger charge is -2.36. The highest BCUT2D eigenvalue weighted by Crippen LogP contribution is 2.30. The van der Waals surface area contributed by atoms with Crippen LogP contribution in [-0.4, -0.2) is 65.0 Å². The first-order chi connectivity index (χ1) is 13.7. The summed E-state index contributed by atoms with van der Waals surface area (Å²) < 4.78 is 7.07. The van der Waals surface area contributed by atoms with Gasteiger partial charge in [-0.2, -0.15) is 5.10 Å². The van der Waals surface area contributed by atoms with Gasteiger partial charge in [-0.15, -0.1) is 0 Å². The van der Waals surface area contributed by atoms with Crippen LogP contribution in [0.1, 0.15) is 25.7 Å². The van der Waals surface area contributed by atoms with Crippen molar-refractivity contribution in [2.75, 3.05) is 38.3 Å². The molecule has 2 saturated heterocycles. The fourth-order valence-corrected chi connectivity index (χ4v) is 4.48. The predicted octanol–water partition coefficient (Wildman–Crippen LogP) is 2.77. The molecule has 2 fully saturated rings. The van der Waals surface area contributed by atoms with E-state index in [0.29, 0.717) is 17.5 Å². The number of anilines is 1. The van der Waals surface area contributed by atoms with Crippen LogP contribution in [-0.2, 0) is 9.53 Å². The number of halogens is 1. The van der Waals surface area contributed by atoms with Crippen LogP contribution in [0.3, 0.4) is 0 Å². The number of aromatic nitrogens is 3. The van der Waals surface area contributed by atoms with Crippen molar-refractivity contribution in [2.24, 2.45) is 5.92 Å². The summed E-state index contributed by atoms with van der Waals surface area (Å²) in [6.45, 7) is 3.15. The molecule has 150 valence electrons. The molecule has 0 aromatic carbocycles. The van der Waals surface area contributed by atoms with Crippen molar-refractivity contribution in [3.8, 4) is 5.69 Å². The smallest absolute Gasteiger partial charge is 0.226 e. The monoisotopic (exact) mass is 403 g/mol. The highest BCUT2D eigenvalue weighted by molar-refractivity contribution is 6.30. The van der Waals surface area contributed by atoms with Gasteiger partial charge in [0.05, 0.1) is 41.4 Å². The molecule has 1 amide bonds. The molecule has 2 aliphatic heterocycles. The van der Waals surface area contributed by atoms with E-state index in [4.69, 9.17) is 16.3 Å². The minimum atomic E-state index is 0.0907. The van der Waals surface area contributed by atoms with Crippen LogP contribution < -0.4 is 4.90 Å². The van der Waals surface area contributed by atoms with Gasteiger partial charge in [0.1, 0.15) is 0 Å². The Hall–Kier alpha value is -2.12. The first-order valence-electron chi connectivity index (χ1n) is 9.86. The molecule has 8 heteroatoms. The second-order valence-electron chi connectivity index (χ2n) is 7.51. The maximum absolute atomic E-state index is 13.0. The summed E-state index contributed by atoms with van der Waals surface area (Å²) >= 11 is 6.04. The van der Waals surface area contributed by atoms with E-state index in [9.17, 15) is 4.79 Å². The Bertz CT molecular complexity index is 818. The second kappa shape index (κ2) is 8.49. The molecule has 2 aromatic heterocycles. The zero-order valence-electron chi connectivity index (χ0n) is 16.1. The summed E-state index contributed by atoms with van der Waals surface area (Å²) in [6, 6.07) is 2.18. The number of carbonyl (C=O) groups excluding carboxylic acids is 1. The van der Waals surface area contributed by atoms with Gasteiger partial charge in [0.25, 0.3) is 0 Å². The van der Waals surface area contributed by atoms with Gasteiger partial charge in [0.15, 0.2) is 0 Å². The largest absolute Gasteiger partial charge is 0.383 e. The highest BCUT2D eigenvalue weighted by atomic mass is 35.5. The number of likely N-dealkylation sites (tertiary alicyclic amines) is 1. The molecule has 7 nitrogen and oxygen atoms in total. The van der Waals surface area contributed by atoms with E-state index in [0.717, 1.165) is 56.7 Å². The summed E-state index contributed by atoms with van der Waals surface area (Å²) in [5.41, 5.74) is 1.97. The molecule has 0 aliphatic carbocycles. The van der Waals surface area contributed by atoms with Crippen LogP contribution in [0, 0.1) is 5.92 Å². The Labute approximate surface area is 170 Å². The summed E-state index contributed by atoms with van der Waals surface area (Å²) in [7, 11) is 1.71. The third-order valence-corrected chi connectivity index (χ3v) is 5.97. The topological polar surface area (TPSA) is 63.5 Å². The van der Waals surface area contributed by atoms with Crippen molar-refractivity contribution in [1.29, 1.82) is 0 Å². The Morgan fingerprint density at radius 1 is 1.21 bits per heavy atom. The number of piperidine rings is 1. The standard InChI is InChI=1S/C20H26ClN5O2/c1-28-14-17-3-2-8-25(17)20(27)15-5-9-24(10-6-15)19-12-22-7-4-18(19)26-13-16(21)11-23-26/h4,7,11-13,15,17H,2-3,5-6,8-10,14H2,1H3. The highest BCUT2D eigenvalue weighted by Gasteiger charge is 2.35. The van der Waals surface area contributed by atoms with Gasteiger partial charge >= 0.3 is 0 Å². The molecule has 0 bridgehead atoms. The molecule has 2 aliphatic rings. The summed E-state index contributed by atoms with van der Waals surface area (Å²) in [5.74, 6) is 0.387. The van der Waals surface area contributed by atoms with Crippen LogP contribution in [0.15, 0.2) is 30.9 Å². The van der Waals surface area contributed by atoms with Crippen LogP contribution in [0.4, 0.5) is 5.69 Å². The minimum absolute atomic E-state index is 0.0907. The minimum Gasteiger partial charge on any atom is -0.383 e. The van der Waals surface area contributed by atoms with Gasteiger partial charge < -0.3 is 14.5 Å². The number of nitrogens with zero attached hydrogens (tertiary/aromatic N) is 5. The Morgan fingerprint density at radius 3 is 2.75 bits per heavy atom. The molecule has 28 heavy (non-hydrogen) atoms. The predicted molar refractivity (Wildman–Crippen MR) is 108 cm³/mol. The Morgan fingerprint density at radius 2 is 2.04 bits per heavy atom. The molecule has 2 aromatic rings. The van der Waals surface area contributed by atoms with E-state index in [1.54, 1.807) is 30.4 Å². The molecule has 4 rings (SSSR count). The molecule has 0 N–H and O–H groups in total.